The summed E-state index contributed by atoms with van der Waals surface area (Å²) in [4.78, 5) is 13.1. The Labute approximate surface area is 80.5 Å². The number of hydrogen-bond acceptors (Lipinski definition) is 2. The lowest BCUT2D eigenvalue weighted by Gasteiger charge is -2.17. The lowest BCUT2D eigenvalue weighted by molar-refractivity contribution is -0.130. The Hall–Kier alpha value is -1.01. The molecule has 0 atom stereocenters. The zero-order chi connectivity index (χ0) is 10.1. The Morgan fingerprint density at radius 1 is 1.54 bits per heavy atom. The standard InChI is InChI=1S/C10H18N2O/c1-4-9-12(6-3)10(13)7-8-11-5-2/h1,11H,5-9H2,2-3H3. The van der Waals surface area contributed by atoms with Crippen molar-refractivity contribution in [3.63, 3.8) is 0 Å². The van der Waals surface area contributed by atoms with Crippen LogP contribution in [0.4, 0.5) is 0 Å². The van der Waals surface area contributed by atoms with Gasteiger partial charge in [0.05, 0.1) is 6.54 Å². The van der Waals surface area contributed by atoms with Crippen molar-refractivity contribution in [3.8, 4) is 12.3 Å². The molecule has 13 heavy (non-hydrogen) atoms. The van der Waals surface area contributed by atoms with E-state index in [9.17, 15) is 4.79 Å². The maximum absolute atomic E-state index is 11.4. The molecule has 1 amide bonds. The molecule has 0 fully saturated rings. The van der Waals surface area contributed by atoms with Gasteiger partial charge in [-0.1, -0.05) is 12.8 Å². The second-order valence-corrected chi connectivity index (χ2v) is 2.72. The number of carbonyl (C=O) groups is 1. The summed E-state index contributed by atoms with van der Waals surface area (Å²) in [5.74, 6) is 2.60. The van der Waals surface area contributed by atoms with Crippen molar-refractivity contribution in [3.05, 3.63) is 0 Å². The summed E-state index contributed by atoms with van der Waals surface area (Å²) >= 11 is 0. The fourth-order valence-corrected chi connectivity index (χ4v) is 1.02. The molecular weight excluding hydrogens is 164 g/mol. The lowest BCUT2D eigenvalue weighted by Crippen LogP contribution is -2.33. The van der Waals surface area contributed by atoms with Crippen molar-refractivity contribution in [2.24, 2.45) is 0 Å². The summed E-state index contributed by atoms with van der Waals surface area (Å²) in [5, 5.41) is 3.10. The highest BCUT2D eigenvalue weighted by Crippen LogP contribution is 1.92. The number of nitrogens with one attached hydrogen (secondary N) is 1. The number of nitrogens with zero attached hydrogens (tertiary/aromatic N) is 1. The van der Waals surface area contributed by atoms with Crippen LogP contribution in [0.25, 0.3) is 0 Å². The van der Waals surface area contributed by atoms with E-state index in [0.29, 0.717) is 19.5 Å². The van der Waals surface area contributed by atoms with Gasteiger partial charge in [-0.15, -0.1) is 6.42 Å². The van der Waals surface area contributed by atoms with Gasteiger partial charge in [-0.25, -0.2) is 0 Å². The smallest absolute Gasteiger partial charge is 0.224 e. The quantitative estimate of drug-likeness (QED) is 0.478. The minimum absolute atomic E-state index is 0.126. The third-order valence-corrected chi connectivity index (χ3v) is 1.78. The normalized spacial score (nSPS) is 9.31. The van der Waals surface area contributed by atoms with Gasteiger partial charge in [-0.05, 0) is 13.5 Å². The first kappa shape index (κ1) is 12.0. The molecule has 0 rings (SSSR count). The van der Waals surface area contributed by atoms with E-state index in [4.69, 9.17) is 6.42 Å². The molecule has 0 saturated carbocycles. The molecule has 1 N–H and O–H groups in total. The van der Waals surface area contributed by atoms with E-state index in [1.807, 2.05) is 13.8 Å². The fourth-order valence-electron chi connectivity index (χ4n) is 1.02. The zero-order valence-electron chi connectivity index (χ0n) is 8.47. The van der Waals surface area contributed by atoms with Gasteiger partial charge in [0.2, 0.25) is 5.91 Å². The van der Waals surface area contributed by atoms with Gasteiger partial charge in [0.25, 0.3) is 0 Å². The number of amides is 1. The largest absolute Gasteiger partial charge is 0.332 e. The Kier molecular flexibility index (Phi) is 7.04. The van der Waals surface area contributed by atoms with Crippen LogP contribution < -0.4 is 5.32 Å². The topological polar surface area (TPSA) is 32.3 Å². The summed E-state index contributed by atoms with van der Waals surface area (Å²) in [6.07, 6.45) is 5.67. The summed E-state index contributed by atoms with van der Waals surface area (Å²) in [6, 6.07) is 0. The molecule has 3 nitrogen and oxygen atoms in total. The molecule has 0 heterocycles. The molecule has 0 aliphatic rings. The average molecular weight is 182 g/mol. The van der Waals surface area contributed by atoms with Crippen LogP contribution in [-0.4, -0.2) is 37.0 Å². The van der Waals surface area contributed by atoms with E-state index in [0.717, 1.165) is 13.1 Å². The van der Waals surface area contributed by atoms with E-state index in [-0.39, 0.29) is 5.91 Å². The molecule has 0 aromatic carbocycles. The second kappa shape index (κ2) is 7.63. The van der Waals surface area contributed by atoms with Crippen molar-refractivity contribution < 1.29 is 4.79 Å². The minimum atomic E-state index is 0.126. The zero-order valence-corrected chi connectivity index (χ0v) is 8.47. The van der Waals surface area contributed by atoms with Gasteiger partial charge < -0.3 is 10.2 Å². The van der Waals surface area contributed by atoms with E-state index >= 15 is 0 Å². The third kappa shape index (κ3) is 5.26. The average Bonchev–Trinajstić information content (AvgIpc) is 2.14. The highest BCUT2D eigenvalue weighted by Gasteiger charge is 2.08. The number of hydrogen-bond donors (Lipinski definition) is 1. The molecule has 0 aliphatic carbocycles. The molecule has 0 spiro atoms. The molecule has 0 aromatic rings. The highest BCUT2D eigenvalue weighted by atomic mass is 16.2. The van der Waals surface area contributed by atoms with E-state index < -0.39 is 0 Å². The number of terminal acetylenes is 1. The van der Waals surface area contributed by atoms with Gasteiger partial charge >= 0.3 is 0 Å². The lowest BCUT2D eigenvalue weighted by atomic mass is 10.3. The predicted molar refractivity (Wildman–Crippen MR) is 54.2 cm³/mol. The number of carbonyl (C=O) groups excluding carboxylic acids is 1. The van der Waals surface area contributed by atoms with E-state index in [1.165, 1.54) is 0 Å². The second-order valence-electron chi connectivity index (χ2n) is 2.72. The summed E-state index contributed by atoms with van der Waals surface area (Å²) in [7, 11) is 0. The maximum Gasteiger partial charge on any atom is 0.224 e. The van der Waals surface area contributed by atoms with Gasteiger partial charge in [-0.2, -0.15) is 0 Å². The molecule has 0 saturated heterocycles. The highest BCUT2D eigenvalue weighted by molar-refractivity contribution is 5.76. The van der Waals surface area contributed by atoms with Crippen LogP contribution in [0.15, 0.2) is 0 Å². The van der Waals surface area contributed by atoms with Crippen LogP contribution in [0, 0.1) is 12.3 Å². The summed E-state index contributed by atoms with van der Waals surface area (Å²) in [5.41, 5.74) is 0. The van der Waals surface area contributed by atoms with Crippen molar-refractivity contribution in [1.29, 1.82) is 0 Å². The van der Waals surface area contributed by atoms with Crippen molar-refractivity contribution in [2.75, 3.05) is 26.2 Å². The first-order chi connectivity index (χ1) is 6.26. The Balaban J connectivity index is 3.72. The Bertz CT molecular complexity index is 184. The van der Waals surface area contributed by atoms with Crippen LogP contribution in [0.2, 0.25) is 0 Å². The molecule has 3 heteroatoms. The van der Waals surface area contributed by atoms with Crippen LogP contribution in [0.5, 0.6) is 0 Å². The monoisotopic (exact) mass is 182 g/mol. The van der Waals surface area contributed by atoms with Crippen LogP contribution >= 0.6 is 0 Å². The van der Waals surface area contributed by atoms with E-state index in [1.54, 1.807) is 4.90 Å². The molecule has 0 aliphatic heterocycles. The molecule has 74 valence electrons. The molecular formula is C10H18N2O. The Morgan fingerprint density at radius 3 is 2.69 bits per heavy atom. The molecule has 0 aromatic heterocycles. The van der Waals surface area contributed by atoms with Gasteiger partial charge in [0, 0.05) is 19.5 Å². The summed E-state index contributed by atoms with van der Waals surface area (Å²) in [6.45, 7) is 6.69. The first-order valence-corrected chi connectivity index (χ1v) is 4.68. The Morgan fingerprint density at radius 2 is 2.23 bits per heavy atom. The van der Waals surface area contributed by atoms with Crippen LogP contribution in [-0.2, 0) is 4.79 Å². The fraction of sp³-hybridized carbons (Fsp3) is 0.700. The summed E-state index contributed by atoms with van der Waals surface area (Å²) < 4.78 is 0. The first-order valence-electron chi connectivity index (χ1n) is 4.68. The van der Waals surface area contributed by atoms with Crippen molar-refractivity contribution >= 4 is 5.91 Å². The van der Waals surface area contributed by atoms with Crippen LogP contribution in [0.3, 0.4) is 0 Å². The molecule has 0 radical (unpaired) electrons. The minimum Gasteiger partial charge on any atom is -0.332 e. The van der Waals surface area contributed by atoms with Crippen molar-refractivity contribution in [2.45, 2.75) is 20.3 Å². The van der Waals surface area contributed by atoms with Gasteiger partial charge in [0.15, 0.2) is 0 Å². The molecule has 0 unspecified atom stereocenters. The third-order valence-electron chi connectivity index (χ3n) is 1.78. The van der Waals surface area contributed by atoms with Gasteiger partial charge in [0.1, 0.15) is 0 Å². The van der Waals surface area contributed by atoms with E-state index in [2.05, 4.69) is 11.2 Å². The van der Waals surface area contributed by atoms with Crippen molar-refractivity contribution in [1.82, 2.24) is 10.2 Å². The van der Waals surface area contributed by atoms with Crippen LogP contribution in [0.1, 0.15) is 20.3 Å². The van der Waals surface area contributed by atoms with Gasteiger partial charge in [-0.3, -0.25) is 4.79 Å². The molecule has 0 bridgehead atoms. The SMILES string of the molecule is C#CCN(CC)C(=O)CCNCC. The maximum atomic E-state index is 11.4. The number of rotatable bonds is 6. The predicted octanol–water partition coefficient (Wildman–Crippen LogP) is 0.468.